The Hall–Kier alpha value is -2.68. The molecule has 2 aromatic carbocycles. The van der Waals surface area contributed by atoms with E-state index < -0.39 is 0 Å². The van der Waals surface area contributed by atoms with Gasteiger partial charge >= 0.3 is 0 Å². The van der Waals surface area contributed by atoms with Gasteiger partial charge < -0.3 is 4.90 Å². The van der Waals surface area contributed by atoms with Gasteiger partial charge in [0.25, 0.3) is 0 Å². The number of hydrogen-bond acceptors (Lipinski definition) is 2. The lowest BCUT2D eigenvalue weighted by atomic mass is 9.99. The molecule has 0 saturated carbocycles. The third-order valence-corrected chi connectivity index (χ3v) is 3.89. The predicted molar refractivity (Wildman–Crippen MR) is 104 cm³/mol. The first-order chi connectivity index (χ1) is 10.7. The number of carbonyl (C=O) groups excluding carboxylic acids is 1. The lowest BCUT2D eigenvalue weighted by molar-refractivity contribution is -0.124. The van der Waals surface area contributed by atoms with Gasteiger partial charge in [-0.25, -0.2) is 4.99 Å². The van der Waals surface area contributed by atoms with Crippen molar-refractivity contribution >= 4 is 23.0 Å². The van der Waals surface area contributed by atoms with Crippen LogP contribution in [0.4, 0.5) is 0 Å². The summed E-state index contributed by atoms with van der Waals surface area (Å²) in [4.78, 5) is 18.0. The fourth-order valence-corrected chi connectivity index (χ4v) is 2.57. The van der Waals surface area contributed by atoms with Gasteiger partial charge in [-0.3, -0.25) is 4.79 Å². The molecule has 2 aromatic rings. The van der Waals surface area contributed by atoms with Crippen LogP contribution >= 0.6 is 0 Å². The van der Waals surface area contributed by atoms with E-state index in [9.17, 15) is 4.79 Å². The quantitative estimate of drug-likeness (QED) is 0.756. The molecule has 0 saturated heterocycles. The second kappa shape index (κ2) is 8.25. The maximum absolute atomic E-state index is 11.6. The second-order valence-corrected chi connectivity index (χ2v) is 5.34. The molecular weight excluding hydrogens is 296 g/mol. The standard InChI is InChI=1S/C19H18N2O.2CH4/c1-14(22)21(2)18-13-17(15-9-5-3-6-10-15)19(20-18)16-11-7-4-8-12-16;;/h3-12H,13H2,1-2H3;2*1H4. The van der Waals surface area contributed by atoms with Crippen molar-refractivity contribution in [2.45, 2.75) is 28.2 Å². The van der Waals surface area contributed by atoms with Crippen LogP contribution in [-0.2, 0) is 4.79 Å². The Kier molecular flexibility index (Phi) is 6.66. The van der Waals surface area contributed by atoms with Gasteiger partial charge in [0.1, 0.15) is 5.84 Å². The highest BCUT2D eigenvalue weighted by atomic mass is 16.2. The molecule has 24 heavy (non-hydrogen) atoms. The Morgan fingerprint density at radius 2 is 1.42 bits per heavy atom. The Morgan fingerprint density at radius 1 is 0.917 bits per heavy atom. The molecule has 1 aliphatic heterocycles. The highest BCUT2D eigenvalue weighted by molar-refractivity contribution is 6.12. The molecule has 1 amide bonds. The second-order valence-electron chi connectivity index (χ2n) is 5.34. The Balaban J connectivity index is 0.00000144. The van der Waals surface area contributed by atoms with Crippen LogP contribution in [-0.4, -0.2) is 23.7 Å². The Bertz CT molecular complexity index is 746. The van der Waals surface area contributed by atoms with Crippen molar-refractivity contribution in [2.24, 2.45) is 4.99 Å². The smallest absolute Gasteiger partial charge is 0.224 e. The predicted octanol–water partition coefficient (Wildman–Crippen LogP) is 5.11. The van der Waals surface area contributed by atoms with Crippen LogP contribution < -0.4 is 0 Å². The van der Waals surface area contributed by atoms with Crippen molar-refractivity contribution in [3.8, 4) is 0 Å². The van der Waals surface area contributed by atoms with Crippen LogP contribution in [0, 0.1) is 0 Å². The molecule has 1 heterocycles. The van der Waals surface area contributed by atoms with Crippen LogP contribution in [0.2, 0.25) is 0 Å². The molecule has 126 valence electrons. The van der Waals surface area contributed by atoms with Crippen LogP contribution in [0.3, 0.4) is 0 Å². The van der Waals surface area contributed by atoms with E-state index in [1.807, 2.05) is 36.4 Å². The Morgan fingerprint density at radius 3 is 1.92 bits per heavy atom. The lowest BCUT2D eigenvalue weighted by Crippen LogP contribution is -2.30. The van der Waals surface area contributed by atoms with Crippen LogP contribution in [0.25, 0.3) is 11.3 Å². The summed E-state index contributed by atoms with van der Waals surface area (Å²) in [6, 6.07) is 20.3. The molecule has 3 heteroatoms. The maximum atomic E-state index is 11.6. The van der Waals surface area contributed by atoms with E-state index in [1.165, 1.54) is 0 Å². The summed E-state index contributed by atoms with van der Waals surface area (Å²) in [7, 11) is 1.78. The molecule has 1 aliphatic rings. The minimum absolute atomic E-state index is 0. The zero-order chi connectivity index (χ0) is 15.5. The average molecular weight is 322 g/mol. The van der Waals surface area contributed by atoms with Crippen molar-refractivity contribution in [3.05, 3.63) is 71.8 Å². The maximum Gasteiger partial charge on any atom is 0.224 e. The number of rotatable bonds is 2. The zero-order valence-electron chi connectivity index (χ0n) is 12.8. The van der Waals surface area contributed by atoms with Crippen LogP contribution in [0.1, 0.15) is 39.3 Å². The molecule has 0 bridgehead atoms. The molecule has 0 fully saturated rings. The summed E-state index contributed by atoms with van der Waals surface area (Å²) >= 11 is 0. The lowest BCUT2D eigenvalue weighted by Gasteiger charge is -2.14. The molecule has 0 N–H and O–H groups in total. The fourth-order valence-electron chi connectivity index (χ4n) is 2.57. The van der Waals surface area contributed by atoms with Gasteiger partial charge in [0.05, 0.1) is 5.70 Å². The molecule has 0 atom stereocenters. The summed E-state index contributed by atoms with van der Waals surface area (Å²) in [5.74, 6) is 0.797. The van der Waals surface area contributed by atoms with Crippen LogP contribution in [0.5, 0.6) is 0 Å². The largest absolute Gasteiger partial charge is 0.303 e. The summed E-state index contributed by atoms with van der Waals surface area (Å²) in [5.41, 5.74) is 4.34. The van der Waals surface area contributed by atoms with E-state index >= 15 is 0 Å². The van der Waals surface area contributed by atoms with Gasteiger partial charge in [-0.15, -0.1) is 0 Å². The number of carbonyl (C=O) groups is 1. The number of amidine groups is 1. The molecule has 3 nitrogen and oxygen atoms in total. The zero-order valence-corrected chi connectivity index (χ0v) is 12.8. The van der Waals surface area contributed by atoms with Crippen molar-refractivity contribution in [1.82, 2.24) is 4.90 Å². The normalized spacial score (nSPS) is 12.8. The number of nitrogens with zero attached hydrogens (tertiary/aromatic N) is 2. The van der Waals surface area contributed by atoms with E-state index in [1.54, 1.807) is 18.9 Å². The van der Waals surface area contributed by atoms with E-state index in [0.717, 1.165) is 28.2 Å². The fraction of sp³-hybridized carbons (Fsp3) is 0.238. The first-order valence-electron chi connectivity index (χ1n) is 7.32. The summed E-state index contributed by atoms with van der Waals surface area (Å²) in [5, 5.41) is 0. The number of benzene rings is 2. The molecule has 0 radical (unpaired) electrons. The number of hydrogen-bond donors (Lipinski definition) is 0. The van der Waals surface area contributed by atoms with Gasteiger partial charge in [-0.1, -0.05) is 75.5 Å². The minimum atomic E-state index is 0. The monoisotopic (exact) mass is 322 g/mol. The van der Waals surface area contributed by atoms with E-state index in [0.29, 0.717) is 6.42 Å². The molecular formula is C21H26N2O. The van der Waals surface area contributed by atoms with Gasteiger partial charge in [0.15, 0.2) is 0 Å². The van der Waals surface area contributed by atoms with Gasteiger partial charge in [-0.05, 0) is 11.1 Å². The molecule has 0 aromatic heterocycles. The first-order valence-corrected chi connectivity index (χ1v) is 7.32. The van der Waals surface area contributed by atoms with E-state index in [2.05, 4.69) is 24.3 Å². The summed E-state index contributed by atoms with van der Waals surface area (Å²) in [6.45, 7) is 1.56. The first kappa shape index (κ1) is 19.4. The highest BCUT2D eigenvalue weighted by Gasteiger charge is 2.24. The molecule has 0 spiro atoms. The van der Waals surface area contributed by atoms with Gasteiger partial charge in [0.2, 0.25) is 5.91 Å². The van der Waals surface area contributed by atoms with Crippen LogP contribution in [0.15, 0.2) is 65.7 Å². The summed E-state index contributed by atoms with van der Waals surface area (Å²) < 4.78 is 0. The highest BCUT2D eigenvalue weighted by Crippen LogP contribution is 2.35. The number of aliphatic imine (C=N–C) groups is 1. The third kappa shape index (κ3) is 3.80. The van der Waals surface area contributed by atoms with Gasteiger partial charge in [0, 0.05) is 26.0 Å². The topological polar surface area (TPSA) is 32.7 Å². The minimum Gasteiger partial charge on any atom is -0.303 e. The van der Waals surface area contributed by atoms with Gasteiger partial charge in [-0.2, -0.15) is 0 Å². The van der Waals surface area contributed by atoms with E-state index in [4.69, 9.17) is 4.99 Å². The average Bonchev–Trinajstić information content (AvgIpc) is 3.01. The molecule has 0 unspecified atom stereocenters. The molecule has 3 rings (SSSR count). The SMILES string of the molecule is C.C.CC(=O)N(C)C1=NC(c2ccccc2)=C(c2ccccc2)C1. The van der Waals surface area contributed by atoms with Crippen molar-refractivity contribution in [1.29, 1.82) is 0 Å². The summed E-state index contributed by atoms with van der Waals surface area (Å²) in [6.07, 6.45) is 0.671. The Labute approximate surface area is 145 Å². The van der Waals surface area contributed by atoms with Crippen molar-refractivity contribution in [3.63, 3.8) is 0 Å². The van der Waals surface area contributed by atoms with Crippen molar-refractivity contribution < 1.29 is 4.79 Å². The number of amides is 1. The van der Waals surface area contributed by atoms with E-state index in [-0.39, 0.29) is 20.8 Å². The van der Waals surface area contributed by atoms with Crippen molar-refractivity contribution in [2.75, 3.05) is 7.05 Å². The third-order valence-electron chi connectivity index (χ3n) is 3.89. The molecule has 0 aliphatic carbocycles.